The van der Waals surface area contributed by atoms with Crippen molar-refractivity contribution in [2.45, 2.75) is 25.9 Å². The SMILES string of the molecule is CC1=C(C(=O)Nc2cc(C(F)(F)F)ccc2Cl)[C@H](c2ccco2)C(C#N)=C(SCC(=O)Nc2ccc(C)c(Cl)c2)N1. The smallest absolute Gasteiger partial charge is 0.416 e. The second kappa shape index (κ2) is 12.3. The van der Waals surface area contributed by atoms with Crippen LogP contribution in [0.3, 0.4) is 0 Å². The molecule has 0 saturated carbocycles. The number of carbonyl (C=O) groups is 2. The number of thioether (sulfide) groups is 1. The fourth-order valence-corrected chi connectivity index (χ4v) is 5.30. The molecule has 0 bridgehead atoms. The van der Waals surface area contributed by atoms with Crippen LogP contribution in [0.1, 0.15) is 29.7 Å². The zero-order valence-electron chi connectivity index (χ0n) is 21.5. The molecule has 13 heteroatoms. The molecule has 212 valence electrons. The van der Waals surface area contributed by atoms with Gasteiger partial charge in [0.1, 0.15) is 5.76 Å². The second-order valence-electron chi connectivity index (χ2n) is 8.91. The molecule has 3 aromatic rings. The minimum atomic E-state index is -4.65. The monoisotopic (exact) mass is 620 g/mol. The van der Waals surface area contributed by atoms with Gasteiger partial charge in [0.05, 0.1) is 56.5 Å². The van der Waals surface area contributed by atoms with Gasteiger partial charge in [0.2, 0.25) is 5.91 Å². The van der Waals surface area contributed by atoms with Crippen LogP contribution >= 0.6 is 35.0 Å². The van der Waals surface area contributed by atoms with E-state index in [4.69, 9.17) is 27.6 Å². The quantitative estimate of drug-likeness (QED) is 0.251. The van der Waals surface area contributed by atoms with Gasteiger partial charge in [0.15, 0.2) is 0 Å². The van der Waals surface area contributed by atoms with Crippen LogP contribution in [0.15, 0.2) is 81.1 Å². The molecule has 1 aliphatic heterocycles. The number of allylic oxidation sites excluding steroid dienone is 2. The molecular weight excluding hydrogens is 600 g/mol. The minimum Gasteiger partial charge on any atom is -0.468 e. The molecule has 0 aliphatic carbocycles. The van der Waals surface area contributed by atoms with Gasteiger partial charge < -0.3 is 20.4 Å². The second-order valence-corrected chi connectivity index (χ2v) is 10.7. The molecule has 1 atom stereocenters. The number of nitrogens with zero attached hydrogens (tertiary/aromatic N) is 1. The Kier molecular flexibility index (Phi) is 9.07. The highest BCUT2D eigenvalue weighted by Crippen LogP contribution is 2.42. The molecule has 0 fully saturated rings. The van der Waals surface area contributed by atoms with E-state index >= 15 is 0 Å². The van der Waals surface area contributed by atoms with Crippen molar-refractivity contribution in [3.05, 3.63) is 104 Å². The maximum Gasteiger partial charge on any atom is 0.416 e. The Morgan fingerprint density at radius 3 is 2.49 bits per heavy atom. The molecule has 4 rings (SSSR count). The van der Waals surface area contributed by atoms with E-state index in [0.717, 1.165) is 35.5 Å². The highest BCUT2D eigenvalue weighted by Gasteiger charge is 2.37. The van der Waals surface area contributed by atoms with E-state index in [9.17, 15) is 28.0 Å². The summed E-state index contributed by atoms with van der Waals surface area (Å²) >= 11 is 13.3. The summed E-state index contributed by atoms with van der Waals surface area (Å²) < 4.78 is 45.3. The predicted octanol–water partition coefficient (Wildman–Crippen LogP) is 7.62. The van der Waals surface area contributed by atoms with Crippen LogP contribution in [-0.4, -0.2) is 17.6 Å². The largest absolute Gasteiger partial charge is 0.468 e. The van der Waals surface area contributed by atoms with Gasteiger partial charge in [-0.2, -0.15) is 18.4 Å². The molecule has 41 heavy (non-hydrogen) atoms. The molecule has 0 spiro atoms. The van der Waals surface area contributed by atoms with Crippen molar-refractivity contribution in [1.82, 2.24) is 5.32 Å². The Labute approximate surface area is 247 Å². The zero-order chi connectivity index (χ0) is 29.9. The van der Waals surface area contributed by atoms with Crippen molar-refractivity contribution in [1.29, 1.82) is 5.26 Å². The van der Waals surface area contributed by atoms with Crippen molar-refractivity contribution < 1.29 is 27.2 Å². The van der Waals surface area contributed by atoms with Gasteiger partial charge in [-0.05, 0) is 61.9 Å². The van der Waals surface area contributed by atoms with Crippen LogP contribution < -0.4 is 16.0 Å². The third kappa shape index (κ3) is 6.90. The molecular formula is C28H21Cl2F3N4O3S. The predicted molar refractivity (Wildman–Crippen MR) is 152 cm³/mol. The number of halogens is 5. The molecule has 2 amide bonds. The van der Waals surface area contributed by atoms with Gasteiger partial charge in [-0.1, -0.05) is 41.0 Å². The van der Waals surface area contributed by atoms with Gasteiger partial charge in [-0.25, -0.2) is 0 Å². The first-order valence-corrected chi connectivity index (χ1v) is 13.7. The Hall–Kier alpha value is -3.85. The van der Waals surface area contributed by atoms with Gasteiger partial charge in [-0.3, -0.25) is 9.59 Å². The summed E-state index contributed by atoms with van der Waals surface area (Å²) in [5.41, 5.74) is 0.550. The number of benzene rings is 2. The van der Waals surface area contributed by atoms with Crippen molar-refractivity contribution in [2.24, 2.45) is 0 Å². The Morgan fingerprint density at radius 2 is 1.85 bits per heavy atom. The molecule has 2 heterocycles. The number of dihydropyridines is 1. The third-order valence-electron chi connectivity index (χ3n) is 6.06. The van der Waals surface area contributed by atoms with Crippen LogP contribution in [0.4, 0.5) is 24.5 Å². The fourth-order valence-electron chi connectivity index (χ4n) is 4.06. The number of anilines is 2. The first-order valence-electron chi connectivity index (χ1n) is 11.9. The highest BCUT2D eigenvalue weighted by molar-refractivity contribution is 8.03. The lowest BCUT2D eigenvalue weighted by molar-refractivity contribution is -0.137. The molecule has 0 saturated heterocycles. The van der Waals surface area contributed by atoms with Crippen LogP contribution in [0.5, 0.6) is 0 Å². The van der Waals surface area contributed by atoms with E-state index in [-0.39, 0.29) is 39.3 Å². The van der Waals surface area contributed by atoms with Crippen molar-refractivity contribution in [3.8, 4) is 6.07 Å². The number of furan rings is 1. The Balaban J connectivity index is 1.60. The number of hydrogen-bond acceptors (Lipinski definition) is 6. The first-order chi connectivity index (χ1) is 19.4. The molecule has 2 aromatic carbocycles. The zero-order valence-corrected chi connectivity index (χ0v) is 23.8. The van der Waals surface area contributed by atoms with Crippen LogP contribution in [0.2, 0.25) is 10.0 Å². The number of carbonyl (C=O) groups excluding carboxylic acids is 2. The first kappa shape index (κ1) is 30.1. The number of nitriles is 1. The van der Waals surface area contributed by atoms with Gasteiger partial charge >= 0.3 is 6.18 Å². The summed E-state index contributed by atoms with van der Waals surface area (Å²) in [6, 6.07) is 12.9. The molecule has 7 nitrogen and oxygen atoms in total. The molecule has 1 aromatic heterocycles. The maximum absolute atomic E-state index is 13.5. The Bertz CT molecular complexity index is 1610. The number of nitrogens with one attached hydrogen (secondary N) is 3. The van der Waals surface area contributed by atoms with E-state index in [0.29, 0.717) is 21.4 Å². The van der Waals surface area contributed by atoms with E-state index in [1.165, 1.54) is 6.26 Å². The van der Waals surface area contributed by atoms with Crippen LogP contribution in [0, 0.1) is 18.3 Å². The lowest BCUT2D eigenvalue weighted by Crippen LogP contribution is -2.31. The van der Waals surface area contributed by atoms with Gasteiger partial charge in [-0.15, -0.1) is 0 Å². The van der Waals surface area contributed by atoms with Crippen molar-refractivity contribution in [2.75, 3.05) is 16.4 Å². The number of rotatable bonds is 7. The standard InChI is InChI=1S/C28H21Cl2F3N4O3S/c1-14-5-7-17(11-20(14)30)36-23(38)13-41-27-18(12-34)25(22-4-3-9-40-22)24(15(2)35-27)26(39)37-21-10-16(28(31,32)33)6-8-19(21)29/h3-11,25,35H,13H2,1-2H3,(H,36,38)(H,37,39)/t25-/m0/s1. The van der Waals surface area contributed by atoms with Crippen LogP contribution in [0.25, 0.3) is 0 Å². The summed E-state index contributed by atoms with van der Waals surface area (Å²) in [6.07, 6.45) is -3.28. The average molecular weight is 621 g/mol. The average Bonchev–Trinajstić information content (AvgIpc) is 3.44. The normalized spacial score (nSPS) is 15.3. The Morgan fingerprint density at radius 1 is 1.10 bits per heavy atom. The summed E-state index contributed by atoms with van der Waals surface area (Å²) in [6.45, 7) is 3.41. The number of amides is 2. The number of hydrogen-bond donors (Lipinski definition) is 3. The molecule has 1 aliphatic rings. The summed E-state index contributed by atoms with van der Waals surface area (Å²) in [5, 5.41) is 19.0. The number of aryl methyl sites for hydroxylation is 1. The van der Waals surface area contributed by atoms with Crippen LogP contribution in [-0.2, 0) is 15.8 Å². The molecule has 0 unspecified atom stereocenters. The van der Waals surface area contributed by atoms with E-state index in [2.05, 4.69) is 22.0 Å². The highest BCUT2D eigenvalue weighted by atomic mass is 35.5. The van der Waals surface area contributed by atoms with E-state index in [1.807, 2.05) is 6.92 Å². The van der Waals surface area contributed by atoms with Gasteiger partial charge in [0.25, 0.3) is 5.91 Å². The summed E-state index contributed by atoms with van der Waals surface area (Å²) in [4.78, 5) is 26.1. The topological polar surface area (TPSA) is 107 Å². The van der Waals surface area contributed by atoms with Crippen molar-refractivity contribution >= 4 is 58.2 Å². The summed E-state index contributed by atoms with van der Waals surface area (Å²) in [5.74, 6) is -2.00. The molecule has 0 radical (unpaired) electrons. The number of alkyl halides is 3. The molecule has 3 N–H and O–H groups in total. The van der Waals surface area contributed by atoms with E-state index < -0.39 is 23.6 Å². The lowest BCUT2D eigenvalue weighted by Gasteiger charge is -2.28. The van der Waals surface area contributed by atoms with Gasteiger partial charge in [0, 0.05) is 16.4 Å². The lowest BCUT2D eigenvalue weighted by atomic mass is 9.85. The minimum absolute atomic E-state index is 0.0353. The fraction of sp³-hybridized carbons (Fsp3) is 0.179. The summed E-state index contributed by atoms with van der Waals surface area (Å²) in [7, 11) is 0. The van der Waals surface area contributed by atoms with Crippen molar-refractivity contribution in [3.63, 3.8) is 0 Å². The van der Waals surface area contributed by atoms with E-state index in [1.54, 1.807) is 37.3 Å². The third-order valence-corrected chi connectivity index (χ3v) is 7.82. The maximum atomic E-state index is 13.5.